The number of rotatable bonds is 4. The summed E-state index contributed by atoms with van der Waals surface area (Å²) in [5.74, 6) is -1.10. The van der Waals surface area contributed by atoms with Crippen LogP contribution in [0.2, 0.25) is 0 Å². The van der Waals surface area contributed by atoms with Gasteiger partial charge >= 0.3 is 6.09 Å². The molecule has 0 aromatic heterocycles. The largest absolute Gasteiger partial charge is 0.445 e. The molecule has 5 rings (SSSR count). The molecule has 3 aromatic rings. The van der Waals surface area contributed by atoms with Crippen molar-refractivity contribution in [1.82, 2.24) is 4.90 Å². The van der Waals surface area contributed by atoms with Crippen molar-refractivity contribution in [3.05, 3.63) is 136 Å². The number of carbonyl (C=O) groups excluding carboxylic acids is 1. The second-order valence-electron chi connectivity index (χ2n) is 8.95. The Balaban J connectivity index is 1.55. The van der Waals surface area contributed by atoms with Crippen LogP contribution < -0.4 is 5.73 Å². The summed E-state index contributed by atoms with van der Waals surface area (Å²) < 4.78 is 38.8. The van der Waals surface area contributed by atoms with E-state index in [-0.39, 0.29) is 37.0 Å². The summed E-state index contributed by atoms with van der Waals surface area (Å²) in [6, 6.07) is 23.1. The topological polar surface area (TPSA) is 88.6 Å². The van der Waals surface area contributed by atoms with E-state index in [1.54, 1.807) is 30.3 Å². The van der Waals surface area contributed by atoms with Crippen LogP contribution in [0.25, 0.3) is 6.08 Å². The predicted molar refractivity (Wildman–Crippen MR) is 137 cm³/mol. The number of halogens is 2. The quantitative estimate of drug-likeness (QED) is 0.481. The van der Waals surface area contributed by atoms with Crippen LogP contribution in [0.1, 0.15) is 22.6 Å². The van der Waals surface area contributed by atoms with Gasteiger partial charge < -0.3 is 15.2 Å². The van der Waals surface area contributed by atoms with Crippen LogP contribution in [0.3, 0.4) is 0 Å². The van der Waals surface area contributed by atoms with Gasteiger partial charge in [-0.1, -0.05) is 54.6 Å². The van der Waals surface area contributed by atoms with E-state index >= 15 is 0 Å². The maximum atomic E-state index is 13.7. The molecule has 38 heavy (non-hydrogen) atoms. The Kier molecular flexibility index (Phi) is 6.92. The molecule has 2 N–H and O–H groups in total. The van der Waals surface area contributed by atoms with Crippen molar-refractivity contribution in [3.8, 4) is 6.07 Å². The summed E-state index contributed by atoms with van der Waals surface area (Å²) in [7, 11) is 0. The molecule has 1 atom stereocenters. The highest BCUT2D eigenvalue weighted by atomic mass is 19.1. The fourth-order valence-electron chi connectivity index (χ4n) is 4.61. The van der Waals surface area contributed by atoms with Gasteiger partial charge in [0.1, 0.15) is 35.6 Å². The molecule has 0 radical (unpaired) electrons. The summed E-state index contributed by atoms with van der Waals surface area (Å²) in [6.45, 7) is 0.326. The van der Waals surface area contributed by atoms with Crippen molar-refractivity contribution in [2.45, 2.75) is 12.5 Å². The van der Waals surface area contributed by atoms with Gasteiger partial charge in [0.05, 0.1) is 19.0 Å². The summed E-state index contributed by atoms with van der Waals surface area (Å²) >= 11 is 0. The molecule has 0 aliphatic carbocycles. The average molecular weight is 512 g/mol. The fraction of sp³-hybridized carbons (Fsp3) is 0.133. The third-order valence-corrected chi connectivity index (χ3v) is 6.42. The lowest BCUT2D eigenvalue weighted by atomic mass is 9.80. The maximum absolute atomic E-state index is 13.7. The van der Waals surface area contributed by atoms with Crippen LogP contribution in [-0.2, 0) is 16.1 Å². The maximum Gasteiger partial charge on any atom is 0.410 e. The van der Waals surface area contributed by atoms with E-state index in [1.165, 1.54) is 29.2 Å². The molecule has 0 bridgehead atoms. The molecule has 6 nitrogen and oxygen atoms in total. The molecule has 8 heteroatoms. The number of nitrogens with two attached hydrogens (primary N) is 1. The number of benzene rings is 3. The van der Waals surface area contributed by atoms with Gasteiger partial charge in [-0.25, -0.2) is 13.6 Å². The predicted octanol–water partition coefficient (Wildman–Crippen LogP) is 5.76. The van der Waals surface area contributed by atoms with Gasteiger partial charge in [0.2, 0.25) is 5.88 Å². The van der Waals surface area contributed by atoms with Crippen LogP contribution in [0, 0.1) is 23.0 Å². The summed E-state index contributed by atoms with van der Waals surface area (Å²) in [4.78, 5) is 14.7. The Bertz CT molecular complexity index is 1490. The van der Waals surface area contributed by atoms with Gasteiger partial charge in [-0.15, -0.1) is 0 Å². The first-order valence-corrected chi connectivity index (χ1v) is 11.9. The molecule has 0 unspecified atom stereocenters. The first-order valence-electron chi connectivity index (χ1n) is 11.9. The van der Waals surface area contributed by atoms with Gasteiger partial charge in [-0.05, 0) is 47.0 Å². The summed E-state index contributed by atoms with van der Waals surface area (Å²) in [6.07, 6.45) is 1.22. The molecule has 0 saturated heterocycles. The lowest BCUT2D eigenvalue weighted by Gasteiger charge is -2.37. The van der Waals surface area contributed by atoms with Crippen molar-refractivity contribution in [2.24, 2.45) is 5.73 Å². The number of nitrogens with zero attached hydrogens (tertiary/aromatic N) is 2. The molecule has 190 valence electrons. The smallest absolute Gasteiger partial charge is 0.410 e. The first-order chi connectivity index (χ1) is 18.4. The van der Waals surface area contributed by atoms with E-state index in [9.17, 15) is 18.8 Å². The Morgan fingerprint density at radius 1 is 1.03 bits per heavy atom. The number of carbonyl (C=O) groups is 1. The molecule has 2 heterocycles. The highest BCUT2D eigenvalue weighted by Gasteiger charge is 2.39. The van der Waals surface area contributed by atoms with Gasteiger partial charge in [-0.3, -0.25) is 4.90 Å². The van der Waals surface area contributed by atoms with E-state index in [0.29, 0.717) is 28.0 Å². The van der Waals surface area contributed by atoms with Crippen LogP contribution in [0.5, 0.6) is 0 Å². The van der Waals surface area contributed by atoms with Crippen molar-refractivity contribution in [3.63, 3.8) is 0 Å². The minimum Gasteiger partial charge on any atom is -0.445 e. The van der Waals surface area contributed by atoms with Gasteiger partial charge in [-0.2, -0.15) is 5.26 Å². The first kappa shape index (κ1) is 24.8. The Morgan fingerprint density at radius 3 is 2.34 bits per heavy atom. The third kappa shape index (κ3) is 5.13. The highest BCUT2D eigenvalue weighted by molar-refractivity contribution is 5.72. The van der Waals surface area contributed by atoms with Crippen LogP contribution in [-0.4, -0.2) is 24.1 Å². The number of hydrogen-bond acceptors (Lipinski definition) is 5. The zero-order valence-electron chi connectivity index (χ0n) is 20.2. The van der Waals surface area contributed by atoms with Gasteiger partial charge in [0, 0.05) is 11.1 Å². The summed E-state index contributed by atoms with van der Waals surface area (Å²) in [5, 5.41) is 9.93. The zero-order chi connectivity index (χ0) is 26.6. The van der Waals surface area contributed by atoms with E-state index < -0.39 is 17.8 Å². The molecule has 0 fully saturated rings. The van der Waals surface area contributed by atoms with E-state index in [4.69, 9.17) is 15.2 Å². The minimum atomic E-state index is -0.661. The standard InChI is InChI=1S/C30H23F2N3O3/c31-23-10-6-19(7-11-23)14-22-16-35(30(36)37-18-20-4-2-1-3-5-20)17-26-27(21-8-12-24(32)13-9-21)25(15-33)29(34)38-28(22)26/h1-14,27H,16-18,34H2/b22-14+/t27-/m1/s1. The van der Waals surface area contributed by atoms with Crippen LogP contribution >= 0.6 is 0 Å². The zero-order valence-corrected chi connectivity index (χ0v) is 20.2. The molecule has 0 spiro atoms. The number of ether oxygens (including phenoxy) is 2. The minimum absolute atomic E-state index is 0.0642. The molecular formula is C30H23F2N3O3. The monoisotopic (exact) mass is 511 g/mol. The number of nitriles is 1. The molecular weight excluding hydrogens is 488 g/mol. The number of amides is 1. The van der Waals surface area contributed by atoms with Gasteiger partial charge in [0.15, 0.2) is 0 Å². The summed E-state index contributed by atoms with van der Waals surface area (Å²) in [5.41, 5.74) is 9.70. The number of hydrogen-bond donors (Lipinski definition) is 1. The Morgan fingerprint density at radius 2 is 1.68 bits per heavy atom. The second kappa shape index (κ2) is 10.6. The third-order valence-electron chi connectivity index (χ3n) is 6.42. The van der Waals surface area contributed by atoms with E-state index in [2.05, 4.69) is 6.07 Å². The normalized spacial score (nSPS) is 18.1. The SMILES string of the molecule is N#CC1=C(N)OC2=C(CN(C(=O)OCc3ccccc3)C/C2=C\c2ccc(F)cc2)[C@@H]1c1ccc(F)cc1. The second-order valence-corrected chi connectivity index (χ2v) is 8.95. The average Bonchev–Trinajstić information content (AvgIpc) is 2.93. The van der Waals surface area contributed by atoms with Crippen molar-refractivity contribution < 1.29 is 23.0 Å². The Labute approximate surface area is 218 Å². The van der Waals surface area contributed by atoms with Crippen molar-refractivity contribution in [2.75, 3.05) is 13.1 Å². The molecule has 0 saturated carbocycles. The van der Waals surface area contributed by atoms with E-state index in [0.717, 1.165) is 5.56 Å². The fourth-order valence-corrected chi connectivity index (χ4v) is 4.61. The van der Waals surface area contributed by atoms with Crippen molar-refractivity contribution >= 4 is 12.2 Å². The van der Waals surface area contributed by atoms with Gasteiger partial charge in [0.25, 0.3) is 0 Å². The highest BCUT2D eigenvalue weighted by Crippen LogP contribution is 2.44. The van der Waals surface area contributed by atoms with Crippen molar-refractivity contribution in [1.29, 1.82) is 5.26 Å². The molecule has 1 amide bonds. The van der Waals surface area contributed by atoms with Crippen LogP contribution in [0.15, 0.2) is 107 Å². The Hall–Kier alpha value is -4.90. The van der Waals surface area contributed by atoms with Crippen LogP contribution in [0.4, 0.5) is 13.6 Å². The number of allylic oxidation sites excluding steroid dienone is 1. The molecule has 2 aliphatic rings. The molecule has 3 aromatic carbocycles. The lowest BCUT2D eigenvalue weighted by molar-refractivity contribution is 0.0983. The molecule has 2 aliphatic heterocycles. The lowest BCUT2D eigenvalue weighted by Crippen LogP contribution is -2.41. The van der Waals surface area contributed by atoms with E-state index in [1.807, 2.05) is 30.3 Å².